The molecule has 0 radical (unpaired) electrons. The number of alkyl halides is 3. The summed E-state index contributed by atoms with van der Waals surface area (Å²) in [6, 6.07) is 5.13. The second-order valence-corrected chi connectivity index (χ2v) is 5.06. The molecule has 0 aromatic heterocycles. The quantitative estimate of drug-likeness (QED) is 0.925. The number of likely N-dealkylation sites (tertiary alicyclic amines) is 1. The molecule has 1 aliphatic heterocycles. The Hall–Kier alpha value is -1.56. The van der Waals surface area contributed by atoms with Crippen molar-refractivity contribution in [2.75, 3.05) is 6.54 Å². The van der Waals surface area contributed by atoms with Crippen LogP contribution in [0.4, 0.5) is 13.2 Å². The van der Waals surface area contributed by atoms with E-state index in [0.29, 0.717) is 12.1 Å². The van der Waals surface area contributed by atoms with Crippen molar-refractivity contribution in [3.63, 3.8) is 0 Å². The second kappa shape index (κ2) is 5.83. The first kappa shape index (κ1) is 14.8. The topological polar surface area (TPSA) is 40.5 Å². The van der Waals surface area contributed by atoms with Gasteiger partial charge < -0.3 is 5.11 Å². The normalized spacial score (nSPS) is 20.2. The Morgan fingerprint density at radius 3 is 2.80 bits per heavy atom. The van der Waals surface area contributed by atoms with Gasteiger partial charge in [-0.25, -0.2) is 0 Å². The van der Waals surface area contributed by atoms with Gasteiger partial charge in [0, 0.05) is 12.6 Å². The fourth-order valence-corrected chi connectivity index (χ4v) is 2.62. The summed E-state index contributed by atoms with van der Waals surface area (Å²) in [5.74, 6) is -0.869. The maximum atomic E-state index is 12.6. The molecule has 6 heteroatoms. The SMILES string of the molecule is O=C(O)CC1CCCN1Cc1cccc(C(F)(F)F)c1. The molecule has 0 bridgehead atoms. The van der Waals surface area contributed by atoms with Gasteiger partial charge >= 0.3 is 12.1 Å². The standard InChI is InChI=1S/C14H16F3NO2/c15-14(16,17)11-4-1-3-10(7-11)9-18-6-2-5-12(18)8-13(19)20/h1,3-4,7,12H,2,5-6,8-9H2,(H,19,20). The summed E-state index contributed by atoms with van der Waals surface area (Å²) in [6.07, 6.45) is -2.64. The first-order valence-corrected chi connectivity index (χ1v) is 6.48. The summed E-state index contributed by atoms with van der Waals surface area (Å²) in [5, 5.41) is 8.83. The molecule has 1 saturated heterocycles. The third-order valence-corrected chi connectivity index (χ3v) is 3.55. The maximum Gasteiger partial charge on any atom is 0.416 e. The molecule has 1 N–H and O–H groups in total. The first-order valence-electron chi connectivity index (χ1n) is 6.48. The van der Waals surface area contributed by atoms with Crippen LogP contribution in [0.2, 0.25) is 0 Å². The highest BCUT2D eigenvalue weighted by Crippen LogP contribution is 2.30. The zero-order chi connectivity index (χ0) is 14.8. The molecular formula is C14H16F3NO2. The molecule has 1 atom stereocenters. The number of carboxylic acids is 1. The highest BCUT2D eigenvalue weighted by Gasteiger charge is 2.31. The molecule has 2 rings (SSSR count). The molecule has 1 aromatic rings. The summed E-state index contributed by atoms with van der Waals surface area (Å²) in [7, 11) is 0. The van der Waals surface area contributed by atoms with Gasteiger partial charge in [-0.05, 0) is 31.0 Å². The van der Waals surface area contributed by atoms with Crippen molar-refractivity contribution in [1.82, 2.24) is 4.90 Å². The van der Waals surface area contributed by atoms with Gasteiger partial charge in [-0.1, -0.05) is 18.2 Å². The lowest BCUT2D eigenvalue weighted by molar-refractivity contribution is -0.138. The van der Waals surface area contributed by atoms with Crippen LogP contribution in [0.3, 0.4) is 0 Å². The first-order chi connectivity index (χ1) is 9.36. The van der Waals surface area contributed by atoms with Crippen molar-refractivity contribution >= 4 is 5.97 Å². The molecule has 1 heterocycles. The van der Waals surface area contributed by atoms with Crippen LogP contribution in [0.1, 0.15) is 30.4 Å². The van der Waals surface area contributed by atoms with Crippen LogP contribution in [0.25, 0.3) is 0 Å². The zero-order valence-corrected chi connectivity index (χ0v) is 10.9. The number of benzene rings is 1. The number of hydrogen-bond acceptors (Lipinski definition) is 2. The number of nitrogens with zero attached hydrogens (tertiary/aromatic N) is 1. The summed E-state index contributed by atoms with van der Waals surface area (Å²) in [5.41, 5.74) is -0.0962. The van der Waals surface area contributed by atoms with Crippen molar-refractivity contribution in [2.45, 2.75) is 38.0 Å². The smallest absolute Gasteiger partial charge is 0.416 e. The van der Waals surface area contributed by atoms with E-state index in [1.54, 1.807) is 6.07 Å². The van der Waals surface area contributed by atoms with E-state index in [-0.39, 0.29) is 12.5 Å². The summed E-state index contributed by atoms with van der Waals surface area (Å²) >= 11 is 0. The number of halogens is 3. The van der Waals surface area contributed by atoms with Crippen LogP contribution in [-0.4, -0.2) is 28.6 Å². The zero-order valence-electron chi connectivity index (χ0n) is 10.9. The molecule has 0 amide bonds. The van der Waals surface area contributed by atoms with E-state index in [4.69, 9.17) is 5.11 Å². The Labute approximate surface area is 115 Å². The Morgan fingerprint density at radius 1 is 1.40 bits per heavy atom. The van der Waals surface area contributed by atoms with Crippen molar-refractivity contribution in [3.8, 4) is 0 Å². The van der Waals surface area contributed by atoms with Crippen molar-refractivity contribution in [1.29, 1.82) is 0 Å². The number of hydrogen-bond donors (Lipinski definition) is 1. The highest BCUT2D eigenvalue weighted by atomic mass is 19.4. The molecule has 1 aromatic carbocycles. The van der Waals surface area contributed by atoms with Crippen LogP contribution in [0.15, 0.2) is 24.3 Å². The van der Waals surface area contributed by atoms with Crippen molar-refractivity contribution in [3.05, 3.63) is 35.4 Å². The molecule has 1 aliphatic rings. The number of rotatable bonds is 4. The van der Waals surface area contributed by atoms with Gasteiger partial charge in [0.1, 0.15) is 0 Å². The molecular weight excluding hydrogens is 271 g/mol. The highest BCUT2D eigenvalue weighted by molar-refractivity contribution is 5.67. The fraction of sp³-hybridized carbons (Fsp3) is 0.500. The van der Waals surface area contributed by atoms with Gasteiger partial charge in [0.05, 0.1) is 12.0 Å². The Kier molecular flexibility index (Phi) is 4.32. The Morgan fingerprint density at radius 2 is 2.15 bits per heavy atom. The molecule has 0 aliphatic carbocycles. The van der Waals surface area contributed by atoms with E-state index in [1.807, 2.05) is 4.90 Å². The molecule has 1 unspecified atom stereocenters. The minimum absolute atomic E-state index is 0.0406. The van der Waals surface area contributed by atoms with Crippen LogP contribution >= 0.6 is 0 Å². The minimum Gasteiger partial charge on any atom is -0.481 e. The third-order valence-electron chi connectivity index (χ3n) is 3.55. The van der Waals surface area contributed by atoms with Gasteiger partial charge in [0.25, 0.3) is 0 Å². The van der Waals surface area contributed by atoms with Gasteiger partial charge in [-0.3, -0.25) is 9.69 Å². The minimum atomic E-state index is -4.35. The number of carbonyl (C=O) groups is 1. The van der Waals surface area contributed by atoms with Crippen LogP contribution in [0, 0.1) is 0 Å². The van der Waals surface area contributed by atoms with Gasteiger partial charge in [-0.15, -0.1) is 0 Å². The van der Waals surface area contributed by atoms with E-state index in [2.05, 4.69) is 0 Å². The lowest BCUT2D eigenvalue weighted by Gasteiger charge is -2.23. The molecule has 3 nitrogen and oxygen atoms in total. The summed E-state index contributed by atoms with van der Waals surface area (Å²) < 4.78 is 37.9. The van der Waals surface area contributed by atoms with Crippen molar-refractivity contribution in [2.24, 2.45) is 0 Å². The van der Waals surface area contributed by atoms with Crippen LogP contribution < -0.4 is 0 Å². The maximum absolute atomic E-state index is 12.6. The van der Waals surface area contributed by atoms with Gasteiger partial charge in [-0.2, -0.15) is 13.2 Å². The van der Waals surface area contributed by atoms with Gasteiger partial charge in [0.2, 0.25) is 0 Å². The summed E-state index contributed by atoms with van der Waals surface area (Å²) in [6.45, 7) is 1.09. The van der Waals surface area contributed by atoms with Crippen LogP contribution in [-0.2, 0) is 17.5 Å². The van der Waals surface area contributed by atoms with E-state index < -0.39 is 17.7 Å². The summed E-state index contributed by atoms with van der Waals surface area (Å²) in [4.78, 5) is 12.7. The monoisotopic (exact) mass is 287 g/mol. The van der Waals surface area contributed by atoms with E-state index in [1.165, 1.54) is 6.07 Å². The lowest BCUT2D eigenvalue weighted by atomic mass is 10.1. The van der Waals surface area contributed by atoms with E-state index in [9.17, 15) is 18.0 Å². The van der Waals surface area contributed by atoms with Gasteiger partial charge in [0.15, 0.2) is 0 Å². The van der Waals surface area contributed by atoms with E-state index in [0.717, 1.165) is 31.5 Å². The number of carboxylic acid groups (broad SMARTS) is 1. The Balaban J connectivity index is 2.08. The van der Waals surface area contributed by atoms with E-state index >= 15 is 0 Å². The molecule has 0 saturated carbocycles. The number of aliphatic carboxylic acids is 1. The lowest BCUT2D eigenvalue weighted by Crippen LogP contribution is -2.30. The average Bonchev–Trinajstić information content (AvgIpc) is 2.75. The molecule has 110 valence electrons. The average molecular weight is 287 g/mol. The largest absolute Gasteiger partial charge is 0.481 e. The Bertz CT molecular complexity index is 488. The third kappa shape index (κ3) is 3.72. The second-order valence-electron chi connectivity index (χ2n) is 5.06. The fourth-order valence-electron chi connectivity index (χ4n) is 2.62. The molecule has 20 heavy (non-hydrogen) atoms. The van der Waals surface area contributed by atoms with Crippen molar-refractivity contribution < 1.29 is 23.1 Å². The van der Waals surface area contributed by atoms with Crippen LogP contribution in [0.5, 0.6) is 0 Å². The predicted molar refractivity (Wildman–Crippen MR) is 67.1 cm³/mol. The molecule has 0 spiro atoms. The predicted octanol–water partition coefficient (Wildman–Crippen LogP) is 3.14. The molecule has 1 fully saturated rings.